The molecule has 0 fully saturated rings. The lowest BCUT2D eigenvalue weighted by atomic mass is 9.84. The minimum Gasteiger partial charge on any atom is -0.327 e. The monoisotopic (exact) mass is 195 g/mol. The van der Waals surface area contributed by atoms with Crippen LogP contribution in [0.1, 0.15) is 46.5 Å². The highest BCUT2D eigenvalue weighted by Gasteiger charge is 2.22. The quantitative estimate of drug-likeness (QED) is 0.539. The van der Waals surface area contributed by atoms with Gasteiger partial charge in [0.05, 0.1) is 0 Å². The Morgan fingerprint density at radius 2 is 2.07 bits per heavy atom. The first-order chi connectivity index (χ1) is 6.38. The molecule has 2 nitrogen and oxygen atoms in total. The van der Waals surface area contributed by atoms with E-state index >= 15 is 0 Å². The molecule has 0 aromatic heterocycles. The summed E-state index contributed by atoms with van der Waals surface area (Å²) >= 11 is 0. The number of nitrogens with two attached hydrogens (primary N) is 1. The van der Waals surface area contributed by atoms with Crippen LogP contribution >= 0.6 is 0 Å². The predicted octanol–water partition coefficient (Wildman–Crippen LogP) is 2.12. The van der Waals surface area contributed by atoms with Crippen molar-refractivity contribution in [2.75, 3.05) is 0 Å². The molecule has 0 rings (SSSR count). The Morgan fingerprint density at radius 3 is 2.50 bits per heavy atom. The van der Waals surface area contributed by atoms with Crippen LogP contribution in [0.3, 0.4) is 0 Å². The van der Waals surface area contributed by atoms with Crippen molar-refractivity contribution >= 4 is 5.78 Å². The third-order valence-electron chi connectivity index (χ3n) is 2.34. The number of hydrogen-bond acceptors (Lipinski definition) is 2. The number of Topliss-reactive ketones (excluding diaryl/α,β-unsaturated/α-hetero) is 1. The summed E-state index contributed by atoms with van der Waals surface area (Å²) in [7, 11) is 0. The third-order valence-corrected chi connectivity index (χ3v) is 2.34. The molecule has 0 saturated heterocycles. The third kappa shape index (κ3) is 5.77. The molecule has 0 spiro atoms. The first kappa shape index (κ1) is 13.2. The van der Waals surface area contributed by atoms with Gasteiger partial charge in [-0.1, -0.05) is 20.8 Å². The normalized spacial score (nSPS) is 13.4. The molecule has 80 valence electrons. The minimum atomic E-state index is -0.0548. The van der Waals surface area contributed by atoms with E-state index in [9.17, 15) is 4.79 Å². The van der Waals surface area contributed by atoms with E-state index in [2.05, 4.69) is 5.92 Å². The van der Waals surface area contributed by atoms with Crippen molar-refractivity contribution < 1.29 is 4.79 Å². The van der Waals surface area contributed by atoms with Crippen molar-refractivity contribution in [1.82, 2.24) is 0 Å². The summed E-state index contributed by atoms with van der Waals surface area (Å²) in [5.74, 6) is 2.75. The molecule has 1 unspecified atom stereocenters. The Kier molecular flexibility index (Phi) is 5.49. The standard InChI is InChI=1S/C12H21NO/c1-5-6-7-8-10(14)9-11(13)12(2,3)4/h1,11H,6-9,13H2,2-4H3. The van der Waals surface area contributed by atoms with Crippen molar-refractivity contribution in [2.24, 2.45) is 11.1 Å². The van der Waals surface area contributed by atoms with Crippen LogP contribution in [0.2, 0.25) is 0 Å². The first-order valence-electron chi connectivity index (χ1n) is 5.08. The maximum absolute atomic E-state index is 11.4. The molecule has 0 aromatic carbocycles. The lowest BCUT2D eigenvalue weighted by molar-refractivity contribution is -0.120. The van der Waals surface area contributed by atoms with E-state index in [1.165, 1.54) is 0 Å². The summed E-state index contributed by atoms with van der Waals surface area (Å²) in [6.45, 7) is 6.14. The van der Waals surface area contributed by atoms with Gasteiger partial charge in [0.1, 0.15) is 5.78 Å². The Morgan fingerprint density at radius 1 is 1.50 bits per heavy atom. The summed E-state index contributed by atoms with van der Waals surface area (Å²) < 4.78 is 0. The maximum Gasteiger partial charge on any atom is 0.134 e. The van der Waals surface area contributed by atoms with Crippen LogP contribution in [0.5, 0.6) is 0 Å². The van der Waals surface area contributed by atoms with E-state index in [-0.39, 0.29) is 17.2 Å². The van der Waals surface area contributed by atoms with E-state index in [0.717, 1.165) is 6.42 Å². The van der Waals surface area contributed by atoms with Crippen molar-refractivity contribution in [3.63, 3.8) is 0 Å². The topological polar surface area (TPSA) is 43.1 Å². The van der Waals surface area contributed by atoms with Gasteiger partial charge in [0.25, 0.3) is 0 Å². The van der Waals surface area contributed by atoms with Crippen molar-refractivity contribution in [2.45, 2.75) is 52.5 Å². The van der Waals surface area contributed by atoms with Gasteiger partial charge < -0.3 is 5.73 Å². The summed E-state index contributed by atoms with van der Waals surface area (Å²) in [6.07, 6.45) is 7.59. The fourth-order valence-electron chi connectivity index (χ4n) is 1.04. The number of carbonyl (C=O) groups excluding carboxylic acids is 1. The zero-order valence-corrected chi connectivity index (χ0v) is 9.47. The smallest absolute Gasteiger partial charge is 0.134 e. The van der Waals surface area contributed by atoms with E-state index in [1.54, 1.807) is 0 Å². The van der Waals surface area contributed by atoms with E-state index in [1.807, 2.05) is 20.8 Å². The molecule has 0 saturated carbocycles. The summed E-state index contributed by atoms with van der Waals surface area (Å²) in [4.78, 5) is 11.4. The maximum atomic E-state index is 11.4. The summed E-state index contributed by atoms with van der Waals surface area (Å²) in [5, 5.41) is 0. The zero-order chi connectivity index (χ0) is 11.2. The van der Waals surface area contributed by atoms with Crippen LogP contribution in [0.15, 0.2) is 0 Å². The summed E-state index contributed by atoms with van der Waals surface area (Å²) in [6, 6.07) is -0.0548. The molecule has 0 aliphatic carbocycles. The van der Waals surface area contributed by atoms with Crippen LogP contribution in [0, 0.1) is 17.8 Å². The van der Waals surface area contributed by atoms with Gasteiger partial charge in [-0.3, -0.25) is 4.79 Å². The van der Waals surface area contributed by atoms with Gasteiger partial charge in [0, 0.05) is 25.3 Å². The Hall–Kier alpha value is -0.810. The number of rotatable bonds is 5. The van der Waals surface area contributed by atoms with Crippen molar-refractivity contribution in [3.8, 4) is 12.3 Å². The van der Waals surface area contributed by atoms with Crippen LogP contribution in [-0.2, 0) is 4.79 Å². The minimum absolute atomic E-state index is 0.00176. The molecule has 2 N–H and O–H groups in total. The van der Waals surface area contributed by atoms with E-state index < -0.39 is 0 Å². The Bertz CT molecular complexity index is 219. The molecule has 1 atom stereocenters. The molecule has 0 radical (unpaired) electrons. The lowest BCUT2D eigenvalue weighted by Crippen LogP contribution is -2.36. The van der Waals surface area contributed by atoms with Crippen LogP contribution in [0.4, 0.5) is 0 Å². The molecular weight excluding hydrogens is 174 g/mol. The van der Waals surface area contributed by atoms with Gasteiger partial charge in [-0.2, -0.15) is 0 Å². The van der Waals surface area contributed by atoms with E-state index in [4.69, 9.17) is 12.2 Å². The first-order valence-corrected chi connectivity index (χ1v) is 5.08. The molecule has 0 aliphatic heterocycles. The number of carbonyl (C=O) groups is 1. The number of hydrogen-bond donors (Lipinski definition) is 1. The molecule has 0 heterocycles. The number of ketones is 1. The average Bonchev–Trinajstić information content (AvgIpc) is 2.03. The second-order valence-electron chi connectivity index (χ2n) is 4.77. The van der Waals surface area contributed by atoms with E-state index in [0.29, 0.717) is 19.3 Å². The van der Waals surface area contributed by atoms with Crippen LogP contribution < -0.4 is 5.73 Å². The fraction of sp³-hybridized carbons (Fsp3) is 0.750. The average molecular weight is 195 g/mol. The Balaban J connectivity index is 3.79. The highest BCUT2D eigenvalue weighted by atomic mass is 16.1. The highest BCUT2D eigenvalue weighted by molar-refractivity contribution is 5.79. The Labute approximate surface area is 87.3 Å². The SMILES string of the molecule is C#CCCCC(=O)CC(N)C(C)(C)C. The van der Waals surface area contributed by atoms with Crippen LogP contribution in [0.25, 0.3) is 0 Å². The van der Waals surface area contributed by atoms with Gasteiger partial charge in [-0.25, -0.2) is 0 Å². The van der Waals surface area contributed by atoms with Gasteiger partial charge in [0.2, 0.25) is 0 Å². The number of terminal acetylenes is 1. The van der Waals surface area contributed by atoms with Crippen molar-refractivity contribution in [3.05, 3.63) is 0 Å². The van der Waals surface area contributed by atoms with Crippen molar-refractivity contribution in [1.29, 1.82) is 0 Å². The second-order valence-corrected chi connectivity index (χ2v) is 4.77. The zero-order valence-electron chi connectivity index (χ0n) is 9.47. The lowest BCUT2D eigenvalue weighted by Gasteiger charge is -2.26. The van der Waals surface area contributed by atoms with Crippen LogP contribution in [-0.4, -0.2) is 11.8 Å². The van der Waals surface area contributed by atoms with Gasteiger partial charge in [0.15, 0.2) is 0 Å². The molecule has 0 aliphatic rings. The molecule has 14 heavy (non-hydrogen) atoms. The van der Waals surface area contributed by atoms with Gasteiger partial charge in [-0.05, 0) is 11.8 Å². The highest BCUT2D eigenvalue weighted by Crippen LogP contribution is 2.20. The molecular formula is C12H21NO. The molecule has 0 aromatic rings. The number of unbranched alkanes of at least 4 members (excludes halogenated alkanes) is 1. The fourth-order valence-corrected chi connectivity index (χ4v) is 1.04. The second kappa shape index (κ2) is 5.82. The summed E-state index contributed by atoms with van der Waals surface area (Å²) in [5.41, 5.74) is 5.90. The predicted molar refractivity (Wildman–Crippen MR) is 59.7 cm³/mol. The molecule has 0 bridgehead atoms. The molecule has 0 amide bonds. The van der Waals surface area contributed by atoms with Gasteiger partial charge >= 0.3 is 0 Å². The van der Waals surface area contributed by atoms with Gasteiger partial charge in [-0.15, -0.1) is 12.3 Å². The molecule has 2 heteroatoms. The largest absolute Gasteiger partial charge is 0.327 e.